The Labute approximate surface area is 154 Å². The lowest BCUT2D eigenvalue weighted by Crippen LogP contribution is -2.31. The van der Waals surface area contributed by atoms with E-state index in [2.05, 4.69) is 33.6 Å². The van der Waals surface area contributed by atoms with E-state index in [-0.39, 0.29) is 0 Å². The third-order valence-electron chi connectivity index (χ3n) is 3.80. The fraction of sp³-hybridized carbons (Fsp3) is 0.350. The molecule has 0 aliphatic rings. The number of pyridine rings is 1. The van der Waals surface area contributed by atoms with Crippen LogP contribution in [0.25, 0.3) is 0 Å². The van der Waals surface area contributed by atoms with Gasteiger partial charge in [0.2, 0.25) is 12.2 Å². The SMILES string of the molecule is Cc1ccccc1OCCCCCCN/C(=N\C#N)Nc1cccnc1. The van der Waals surface area contributed by atoms with Gasteiger partial charge < -0.3 is 15.4 Å². The highest BCUT2D eigenvalue weighted by atomic mass is 16.5. The molecule has 0 aliphatic carbocycles. The van der Waals surface area contributed by atoms with Crippen LogP contribution in [0.5, 0.6) is 5.75 Å². The lowest BCUT2D eigenvalue weighted by atomic mass is 10.2. The molecule has 6 nitrogen and oxygen atoms in total. The molecule has 1 aromatic carbocycles. The van der Waals surface area contributed by atoms with Crippen molar-refractivity contribution in [3.8, 4) is 11.9 Å². The van der Waals surface area contributed by atoms with Crippen LogP contribution in [0.4, 0.5) is 5.69 Å². The standard InChI is InChI=1S/C20H25N5O/c1-17-9-4-5-11-19(17)26-14-7-3-2-6-13-23-20(24-16-21)25-18-10-8-12-22-15-18/h4-5,8-12,15H,2-3,6-7,13-14H2,1H3,(H2,23,24,25). The maximum atomic E-state index is 8.78. The van der Waals surface area contributed by atoms with E-state index in [1.807, 2.05) is 30.3 Å². The van der Waals surface area contributed by atoms with Crippen molar-refractivity contribution in [2.45, 2.75) is 32.6 Å². The van der Waals surface area contributed by atoms with Crippen molar-refractivity contribution in [2.75, 3.05) is 18.5 Å². The first-order chi connectivity index (χ1) is 12.8. The van der Waals surface area contributed by atoms with E-state index >= 15 is 0 Å². The second kappa shape index (κ2) is 11.5. The molecule has 6 heteroatoms. The Hall–Kier alpha value is -3.07. The van der Waals surface area contributed by atoms with Crippen LogP contribution in [0.3, 0.4) is 0 Å². The first kappa shape index (κ1) is 19.3. The zero-order valence-electron chi connectivity index (χ0n) is 15.1. The molecule has 0 atom stereocenters. The van der Waals surface area contributed by atoms with Crippen molar-refractivity contribution in [3.63, 3.8) is 0 Å². The fourth-order valence-corrected chi connectivity index (χ4v) is 2.42. The van der Waals surface area contributed by atoms with Crippen LogP contribution >= 0.6 is 0 Å². The third kappa shape index (κ3) is 7.22. The van der Waals surface area contributed by atoms with E-state index in [0.29, 0.717) is 5.96 Å². The number of benzene rings is 1. The summed E-state index contributed by atoms with van der Waals surface area (Å²) >= 11 is 0. The van der Waals surface area contributed by atoms with Gasteiger partial charge in [-0.05, 0) is 43.5 Å². The van der Waals surface area contributed by atoms with Gasteiger partial charge >= 0.3 is 0 Å². The van der Waals surface area contributed by atoms with Gasteiger partial charge in [0.1, 0.15) is 5.75 Å². The van der Waals surface area contributed by atoms with E-state index in [0.717, 1.165) is 50.3 Å². The minimum absolute atomic E-state index is 0.448. The number of aromatic nitrogens is 1. The molecule has 0 radical (unpaired) electrons. The van der Waals surface area contributed by atoms with Gasteiger partial charge in [0.05, 0.1) is 18.5 Å². The Morgan fingerprint density at radius 1 is 1.15 bits per heavy atom. The number of guanidine groups is 1. The number of aryl methyl sites for hydroxylation is 1. The minimum Gasteiger partial charge on any atom is -0.493 e. The summed E-state index contributed by atoms with van der Waals surface area (Å²) in [6.45, 7) is 3.55. The normalized spacial score (nSPS) is 10.8. The molecule has 26 heavy (non-hydrogen) atoms. The molecule has 136 valence electrons. The van der Waals surface area contributed by atoms with Crippen LogP contribution in [-0.4, -0.2) is 24.1 Å². The third-order valence-corrected chi connectivity index (χ3v) is 3.80. The fourth-order valence-electron chi connectivity index (χ4n) is 2.42. The van der Waals surface area contributed by atoms with E-state index in [9.17, 15) is 0 Å². The average molecular weight is 351 g/mol. The Bertz CT molecular complexity index is 724. The summed E-state index contributed by atoms with van der Waals surface area (Å²) in [7, 11) is 0. The number of aliphatic imine (C=N–C) groups is 1. The average Bonchev–Trinajstić information content (AvgIpc) is 2.66. The Morgan fingerprint density at radius 3 is 2.77 bits per heavy atom. The quantitative estimate of drug-likeness (QED) is 0.310. The second-order valence-electron chi connectivity index (χ2n) is 5.88. The molecule has 1 heterocycles. The summed E-state index contributed by atoms with van der Waals surface area (Å²) in [6.07, 6.45) is 9.42. The molecule has 0 saturated carbocycles. The summed E-state index contributed by atoms with van der Waals surface area (Å²) in [6, 6.07) is 11.8. The number of unbranched alkanes of at least 4 members (excludes halogenated alkanes) is 3. The first-order valence-electron chi connectivity index (χ1n) is 8.85. The summed E-state index contributed by atoms with van der Waals surface area (Å²) < 4.78 is 5.79. The number of hydrogen-bond donors (Lipinski definition) is 2. The number of rotatable bonds is 9. The first-order valence-corrected chi connectivity index (χ1v) is 8.85. The highest BCUT2D eigenvalue weighted by Crippen LogP contribution is 2.16. The molecule has 0 aliphatic heterocycles. The van der Waals surface area contributed by atoms with E-state index in [1.54, 1.807) is 18.6 Å². The smallest absolute Gasteiger partial charge is 0.211 e. The van der Waals surface area contributed by atoms with Gasteiger partial charge in [-0.3, -0.25) is 4.98 Å². The van der Waals surface area contributed by atoms with Crippen LogP contribution in [0.1, 0.15) is 31.2 Å². The van der Waals surface area contributed by atoms with Gasteiger partial charge in [-0.2, -0.15) is 5.26 Å². The van der Waals surface area contributed by atoms with Crippen molar-refractivity contribution in [1.29, 1.82) is 5.26 Å². The van der Waals surface area contributed by atoms with Gasteiger partial charge in [-0.15, -0.1) is 4.99 Å². The molecule has 0 saturated heterocycles. The monoisotopic (exact) mass is 351 g/mol. The highest BCUT2D eigenvalue weighted by Gasteiger charge is 2.00. The van der Waals surface area contributed by atoms with Crippen LogP contribution in [-0.2, 0) is 0 Å². The zero-order valence-corrected chi connectivity index (χ0v) is 15.1. The van der Waals surface area contributed by atoms with Crippen LogP contribution in [0.15, 0.2) is 53.8 Å². The lowest BCUT2D eigenvalue weighted by molar-refractivity contribution is 0.303. The van der Waals surface area contributed by atoms with Crippen LogP contribution in [0, 0.1) is 18.4 Å². The molecule has 0 spiro atoms. The molecular weight excluding hydrogens is 326 g/mol. The number of nitrogens with zero attached hydrogens (tertiary/aromatic N) is 3. The van der Waals surface area contributed by atoms with Crippen molar-refractivity contribution >= 4 is 11.6 Å². The maximum Gasteiger partial charge on any atom is 0.211 e. The molecule has 2 aromatic rings. The molecule has 2 rings (SSSR count). The Kier molecular flexibility index (Phi) is 8.50. The van der Waals surface area contributed by atoms with Crippen molar-refractivity contribution in [3.05, 3.63) is 54.4 Å². The maximum absolute atomic E-state index is 8.78. The van der Waals surface area contributed by atoms with Crippen molar-refractivity contribution in [1.82, 2.24) is 10.3 Å². The summed E-state index contributed by atoms with van der Waals surface area (Å²) in [4.78, 5) is 7.78. The minimum atomic E-state index is 0.448. The molecule has 0 amide bonds. The number of anilines is 1. The number of ether oxygens (including phenoxy) is 1. The Balaban J connectivity index is 1.57. The molecular formula is C20H25N5O. The number of para-hydroxylation sites is 1. The molecule has 0 unspecified atom stereocenters. The Morgan fingerprint density at radius 2 is 2.00 bits per heavy atom. The number of hydrogen-bond acceptors (Lipinski definition) is 4. The summed E-state index contributed by atoms with van der Waals surface area (Å²) in [5.41, 5.74) is 1.96. The van der Waals surface area contributed by atoms with Crippen LogP contribution in [0.2, 0.25) is 0 Å². The summed E-state index contributed by atoms with van der Waals surface area (Å²) in [5.74, 6) is 1.41. The predicted molar refractivity (Wildman–Crippen MR) is 104 cm³/mol. The molecule has 2 N–H and O–H groups in total. The van der Waals surface area contributed by atoms with E-state index < -0.39 is 0 Å². The number of nitrogens with one attached hydrogen (secondary N) is 2. The molecule has 0 bridgehead atoms. The zero-order chi connectivity index (χ0) is 18.5. The molecule has 0 fully saturated rings. The summed E-state index contributed by atoms with van der Waals surface area (Å²) in [5, 5.41) is 15.0. The van der Waals surface area contributed by atoms with Gasteiger partial charge in [0.15, 0.2) is 0 Å². The second-order valence-corrected chi connectivity index (χ2v) is 5.88. The lowest BCUT2D eigenvalue weighted by Gasteiger charge is -2.11. The van der Waals surface area contributed by atoms with E-state index in [4.69, 9.17) is 10.00 Å². The largest absolute Gasteiger partial charge is 0.493 e. The van der Waals surface area contributed by atoms with Gasteiger partial charge in [-0.25, -0.2) is 0 Å². The molecule has 1 aromatic heterocycles. The highest BCUT2D eigenvalue weighted by molar-refractivity contribution is 5.93. The van der Waals surface area contributed by atoms with Crippen LogP contribution < -0.4 is 15.4 Å². The van der Waals surface area contributed by atoms with E-state index in [1.165, 1.54) is 5.56 Å². The van der Waals surface area contributed by atoms with Gasteiger partial charge in [0, 0.05) is 12.7 Å². The van der Waals surface area contributed by atoms with Gasteiger partial charge in [0.25, 0.3) is 0 Å². The van der Waals surface area contributed by atoms with Gasteiger partial charge in [-0.1, -0.05) is 31.0 Å². The topological polar surface area (TPSA) is 82.3 Å². The number of nitriles is 1. The predicted octanol–water partition coefficient (Wildman–Crippen LogP) is 3.87. The van der Waals surface area contributed by atoms with Crippen molar-refractivity contribution in [2.24, 2.45) is 4.99 Å². The van der Waals surface area contributed by atoms with Crippen molar-refractivity contribution < 1.29 is 4.74 Å².